The van der Waals surface area contributed by atoms with Gasteiger partial charge in [-0.2, -0.15) is 10.2 Å². The number of alkyl halides is 2. The van der Waals surface area contributed by atoms with Crippen molar-refractivity contribution in [3.05, 3.63) is 83.0 Å². The molecule has 2 aromatic carbocycles. The highest BCUT2D eigenvalue weighted by atomic mass is 19.3. The Hall–Kier alpha value is -4.08. The molecule has 0 radical (unpaired) electrons. The van der Waals surface area contributed by atoms with Crippen LogP contribution in [0.4, 0.5) is 18.9 Å². The third kappa shape index (κ3) is 3.73. The van der Waals surface area contributed by atoms with Crippen molar-refractivity contribution < 1.29 is 17.9 Å². The number of aromatic nitrogens is 4. The van der Waals surface area contributed by atoms with E-state index < -0.39 is 30.3 Å². The van der Waals surface area contributed by atoms with Crippen LogP contribution < -0.4 is 15.1 Å². The predicted molar refractivity (Wildman–Crippen MR) is 116 cm³/mol. The fraction of sp³-hybridized carbons (Fsp3) is 0.174. The number of hydrogen-bond donors (Lipinski definition) is 0. The van der Waals surface area contributed by atoms with Crippen LogP contribution >= 0.6 is 0 Å². The number of halogens is 3. The zero-order valence-corrected chi connectivity index (χ0v) is 17.5. The van der Waals surface area contributed by atoms with E-state index in [9.17, 15) is 18.0 Å². The molecule has 168 valence electrons. The van der Waals surface area contributed by atoms with E-state index in [0.717, 1.165) is 5.69 Å². The maximum Gasteiger partial charge on any atom is 0.282 e. The van der Waals surface area contributed by atoms with Crippen LogP contribution in [0.15, 0.2) is 71.8 Å². The number of para-hydroxylation sites is 1. The molecule has 7 nitrogen and oxygen atoms in total. The lowest BCUT2D eigenvalue weighted by atomic mass is 10.1. The largest absolute Gasteiger partial charge is 0.491 e. The van der Waals surface area contributed by atoms with Crippen LogP contribution in [0.2, 0.25) is 0 Å². The summed E-state index contributed by atoms with van der Waals surface area (Å²) in [5, 5.41) is 8.65. The number of rotatable bonds is 5. The van der Waals surface area contributed by atoms with E-state index in [2.05, 4.69) is 10.2 Å². The summed E-state index contributed by atoms with van der Waals surface area (Å²) in [5.41, 5.74) is 1.04. The number of ether oxygens (including phenoxy) is 1. The molecule has 33 heavy (non-hydrogen) atoms. The summed E-state index contributed by atoms with van der Waals surface area (Å²) in [6.45, 7) is -0.910. The van der Waals surface area contributed by atoms with Crippen LogP contribution in [0.1, 0.15) is 0 Å². The molecule has 0 saturated carbocycles. The van der Waals surface area contributed by atoms with Gasteiger partial charge in [-0.25, -0.2) is 22.5 Å². The number of hydrogen-bond acceptors (Lipinski definition) is 5. The lowest BCUT2D eigenvalue weighted by Gasteiger charge is -2.40. The van der Waals surface area contributed by atoms with E-state index in [1.54, 1.807) is 10.7 Å². The third-order valence-corrected chi connectivity index (χ3v) is 5.38. The molecule has 0 bridgehead atoms. The number of nitrogens with zero attached hydrogens (tertiary/aromatic N) is 5. The van der Waals surface area contributed by atoms with Crippen molar-refractivity contribution in [1.29, 1.82) is 0 Å². The first kappa shape index (κ1) is 20.8. The standard InChI is InChI=1S/C23H18F3N5O2/c1-33-20-12-30(18-8-7-16(11-17(18)24)29-13-23(25,26)14-29)28-21(22(20)32)19-9-10-27-31(19)15-5-3-2-4-6-15/h2-12H,13-14H2,1H3. The fourth-order valence-electron chi connectivity index (χ4n) is 3.74. The van der Waals surface area contributed by atoms with Crippen molar-refractivity contribution in [2.24, 2.45) is 0 Å². The average molecular weight is 453 g/mol. The van der Waals surface area contributed by atoms with Crippen LogP contribution in [0.5, 0.6) is 5.75 Å². The number of methoxy groups -OCH3 is 1. The molecule has 1 saturated heterocycles. The summed E-state index contributed by atoms with van der Waals surface area (Å²) in [6.07, 6.45) is 2.82. The molecule has 3 heterocycles. The minimum Gasteiger partial charge on any atom is -0.491 e. The molecule has 0 amide bonds. The van der Waals surface area contributed by atoms with Gasteiger partial charge in [-0.05, 0) is 36.4 Å². The minimum absolute atomic E-state index is 0.0153. The summed E-state index contributed by atoms with van der Waals surface area (Å²) in [6, 6.07) is 14.9. The van der Waals surface area contributed by atoms with Gasteiger partial charge >= 0.3 is 0 Å². The Labute approximate surface area is 186 Å². The Balaban J connectivity index is 1.59. The minimum atomic E-state index is -2.76. The Morgan fingerprint density at radius 1 is 1.03 bits per heavy atom. The molecule has 1 aliphatic heterocycles. The van der Waals surface area contributed by atoms with E-state index in [0.29, 0.717) is 11.4 Å². The monoisotopic (exact) mass is 453 g/mol. The van der Waals surface area contributed by atoms with Crippen molar-refractivity contribution in [2.75, 3.05) is 25.1 Å². The Bertz CT molecular complexity index is 1380. The third-order valence-electron chi connectivity index (χ3n) is 5.38. The Morgan fingerprint density at radius 2 is 1.79 bits per heavy atom. The molecule has 2 aromatic heterocycles. The first-order valence-electron chi connectivity index (χ1n) is 10.1. The van der Waals surface area contributed by atoms with E-state index in [-0.39, 0.29) is 17.1 Å². The summed E-state index contributed by atoms with van der Waals surface area (Å²) in [5.74, 6) is -3.48. The van der Waals surface area contributed by atoms with Gasteiger partial charge < -0.3 is 9.64 Å². The predicted octanol–water partition coefficient (Wildman–Crippen LogP) is 3.69. The van der Waals surface area contributed by atoms with Crippen LogP contribution in [-0.2, 0) is 0 Å². The van der Waals surface area contributed by atoms with E-state index in [1.807, 2.05) is 30.3 Å². The molecule has 5 rings (SSSR count). The zero-order chi connectivity index (χ0) is 23.2. The first-order valence-corrected chi connectivity index (χ1v) is 10.1. The van der Waals surface area contributed by atoms with Gasteiger partial charge in [0.25, 0.3) is 11.4 Å². The smallest absolute Gasteiger partial charge is 0.282 e. The van der Waals surface area contributed by atoms with Crippen LogP contribution in [0.25, 0.3) is 22.8 Å². The maximum atomic E-state index is 15.0. The van der Waals surface area contributed by atoms with Crippen molar-refractivity contribution in [2.45, 2.75) is 5.92 Å². The molecule has 0 unspecified atom stereocenters. The topological polar surface area (TPSA) is 65.2 Å². The maximum absolute atomic E-state index is 15.0. The van der Waals surface area contributed by atoms with Gasteiger partial charge in [0.15, 0.2) is 17.3 Å². The number of anilines is 1. The van der Waals surface area contributed by atoms with Gasteiger partial charge in [0.2, 0.25) is 0 Å². The molecule has 10 heteroatoms. The lowest BCUT2D eigenvalue weighted by molar-refractivity contribution is -0.0262. The van der Waals surface area contributed by atoms with Gasteiger partial charge in [0.1, 0.15) is 5.69 Å². The van der Waals surface area contributed by atoms with Crippen molar-refractivity contribution in [3.63, 3.8) is 0 Å². The van der Waals surface area contributed by atoms with E-state index in [4.69, 9.17) is 4.74 Å². The van der Waals surface area contributed by atoms with Crippen molar-refractivity contribution in [3.8, 4) is 28.5 Å². The molecule has 0 aliphatic carbocycles. The molecule has 0 atom stereocenters. The molecular formula is C23H18F3N5O2. The molecule has 4 aromatic rings. The van der Waals surface area contributed by atoms with Crippen LogP contribution in [0, 0.1) is 5.82 Å². The molecule has 1 aliphatic rings. The van der Waals surface area contributed by atoms with E-state index >= 15 is 0 Å². The van der Waals surface area contributed by atoms with Gasteiger partial charge in [-0.1, -0.05) is 18.2 Å². The van der Waals surface area contributed by atoms with Gasteiger partial charge in [-0.15, -0.1) is 0 Å². The normalized spacial score (nSPS) is 14.7. The van der Waals surface area contributed by atoms with Crippen molar-refractivity contribution in [1.82, 2.24) is 19.6 Å². The van der Waals surface area contributed by atoms with Crippen LogP contribution in [-0.4, -0.2) is 45.7 Å². The first-order chi connectivity index (χ1) is 15.9. The SMILES string of the molecule is COc1cn(-c2ccc(N3CC(F)(F)C3)cc2F)nc(-c2ccnn2-c2ccccc2)c1=O. The second kappa shape index (κ2) is 7.80. The summed E-state index contributed by atoms with van der Waals surface area (Å²) >= 11 is 0. The van der Waals surface area contributed by atoms with Crippen LogP contribution in [0.3, 0.4) is 0 Å². The summed E-state index contributed by atoms with van der Waals surface area (Å²) < 4.78 is 49.3. The van der Waals surface area contributed by atoms with E-state index in [1.165, 1.54) is 47.3 Å². The summed E-state index contributed by atoms with van der Waals surface area (Å²) in [4.78, 5) is 14.4. The van der Waals surface area contributed by atoms with Crippen molar-refractivity contribution >= 4 is 5.69 Å². The Morgan fingerprint density at radius 3 is 2.45 bits per heavy atom. The Kier molecular flexibility index (Phi) is 4.92. The second-order valence-corrected chi connectivity index (χ2v) is 7.63. The number of benzene rings is 2. The quantitative estimate of drug-likeness (QED) is 0.461. The van der Waals surface area contributed by atoms with Gasteiger partial charge in [-0.3, -0.25) is 4.79 Å². The molecular weight excluding hydrogens is 435 g/mol. The summed E-state index contributed by atoms with van der Waals surface area (Å²) in [7, 11) is 1.34. The molecule has 1 fully saturated rings. The van der Waals surface area contributed by atoms with Gasteiger partial charge in [0, 0.05) is 5.69 Å². The van der Waals surface area contributed by atoms with Gasteiger partial charge in [0.05, 0.1) is 44.0 Å². The fourth-order valence-corrected chi connectivity index (χ4v) is 3.74. The average Bonchev–Trinajstić information content (AvgIpc) is 3.28. The molecule has 0 spiro atoms. The highest BCUT2D eigenvalue weighted by Gasteiger charge is 2.44. The molecule has 0 N–H and O–H groups in total. The highest BCUT2D eigenvalue weighted by Crippen LogP contribution is 2.33. The highest BCUT2D eigenvalue weighted by molar-refractivity contribution is 5.60. The zero-order valence-electron chi connectivity index (χ0n) is 17.5. The second-order valence-electron chi connectivity index (χ2n) is 7.63. The lowest BCUT2D eigenvalue weighted by Crippen LogP contribution is -2.56.